The molecule has 0 amide bonds. The summed E-state index contributed by atoms with van der Waals surface area (Å²) in [5.74, 6) is -17.7. The van der Waals surface area contributed by atoms with Crippen molar-refractivity contribution < 1.29 is 40.9 Å². The molecule has 0 aliphatic heterocycles. The summed E-state index contributed by atoms with van der Waals surface area (Å²) < 4.78 is 94.3. The fourth-order valence-corrected chi connectivity index (χ4v) is 2.33. The number of aromatic hydroxyl groups is 2. The first-order chi connectivity index (χ1) is 10.7. The molecular formula is C14H3F7O2. The normalized spacial score (nSPS) is 11.6. The quantitative estimate of drug-likeness (QED) is 0.277. The Labute approximate surface area is 122 Å². The van der Waals surface area contributed by atoms with E-state index in [1.54, 1.807) is 0 Å². The minimum atomic E-state index is -2.27. The molecule has 0 saturated heterocycles. The standard InChI is InChI=1S/C14H3F7O2/c15-6-2-1-3-5(14(23)12(21)10(19)7(3)16)13(22)4(2)8(17)11(20)9(6)18/h1,22-23H. The third-order valence-corrected chi connectivity index (χ3v) is 3.40. The SMILES string of the molecule is Oc1c(F)c(F)c(F)c2cc3c(F)c(F)c(F)c(F)c3c(O)c12. The first-order valence-electron chi connectivity index (χ1n) is 5.85. The van der Waals surface area contributed by atoms with Crippen molar-refractivity contribution in [1.29, 1.82) is 0 Å². The lowest BCUT2D eigenvalue weighted by Gasteiger charge is -2.12. The molecule has 120 valence electrons. The summed E-state index contributed by atoms with van der Waals surface area (Å²) in [6.07, 6.45) is 0. The van der Waals surface area contributed by atoms with Crippen LogP contribution in [0.2, 0.25) is 0 Å². The lowest BCUT2D eigenvalue weighted by Crippen LogP contribution is -2.00. The number of fused-ring (bicyclic) bond motifs is 2. The van der Waals surface area contributed by atoms with E-state index in [0.717, 1.165) is 0 Å². The maximum absolute atomic E-state index is 13.8. The first kappa shape index (κ1) is 15.2. The molecule has 0 aromatic heterocycles. The smallest absolute Gasteiger partial charge is 0.204 e. The summed E-state index contributed by atoms with van der Waals surface area (Å²) >= 11 is 0. The molecule has 2 N–H and O–H groups in total. The summed E-state index contributed by atoms with van der Waals surface area (Å²) in [5, 5.41) is 14.8. The Balaban J connectivity index is 2.73. The van der Waals surface area contributed by atoms with Gasteiger partial charge in [0.05, 0.1) is 10.8 Å². The summed E-state index contributed by atoms with van der Waals surface area (Å²) in [6, 6.07) is 0.322. The molecule has 23 heavy (non-hydrogen) atoms. The zero-order chi connectivity index (χ0) is 17.2. The summed E-state index contributed by atoms with van der Waals surface area (Å²) in [6.45, 7) is 0. The second-order valence-electron chi connectivity index (χ2n) is 4.62. The molecule has 0 saturated carbocycles. The molecule has 0 spiro atoms. The zero-order valence-corrected chi connectivity index (χ0v) is 10.6. The molecule has 3 aromatic carbocycles. The van der Waals surface area contributed by atoms with Crippen LogP contribution in [-0.2, 0) is 0 Å². The first-order valence-corrected chi connectivity index (χ1v) is 5.85. The highest BCUT2D eigenvalue weighted by molar-refractivity contribution is 6.08. The number of benzene rings is 3. The van der Waals surface area contributed by atoms with Crippen molar-refractivity contribution in [3.05, 3.63) is 46.8 Å². The maximum atomic E-state index is 13.8. The van der Waals surface area contributed by atoms with Gasteiger partial charge in [-0.25, -0.2) is 26.3 Å². The molecule has 0 aliphatic carbocycles. The van der Waals surface area contributed by atoms with Crippen molar-refractivity contribution in [1.82, 2.24) is 0 Å². The van der Waals surface area contributed by atoms with E-state index in [-0.39, 0.29) is 0 Å². The monoisotopic (exact) mass is 336 g/mol. The molecule has 0 radical (unpaired) electrons. The van der Waals surface area contributed by atoms with Crippen LogP contribution in [0.4, 0.5) is 30.7 Å². The van der Waals surface area contributed by atoms with E-state index in [9.17, 15) is 40.9 Å². The molecule has 0 bridgehead atoms. The topological polar surface area (TPSA) is 40.5 Å². The number of phenolic OH excluding ortho intramolecular Hbond substituents is 2. The van der Waals surface area contributed by atoms with Gasteiger partial charge in [0.1, 0.15) is 5.75 Å². The zero-order valence-electron chi connectivity index (χ0n) is 10.6. The van der Waals surface area contributed by atoms with E-state index in [0.29, 0.717) is 6.07 Å². The van der Waals surface area contributed by atoms with Gasteiger partial charge in [-0.05, 0) is 6.07 Å². The highest BCUT2D eigenvalue weighted by Gasteiger charge is 2.28. The highest BCUT2D eigenvalue weighted by atomic mass is 19.2. The van der Waals surface area contributed by atoms with Gasteiger partial charge in [-0.3, -0.25) is 0 Å². The van der Waals surface area contributed by atoms with Crippen molar-refractivity contribution in [2.75, 3.05) is 0 Å². The van der Waals surface area contributed by atoms with E-state index in [4.69, 9.17) is 0 Å². The molecule has 3 aromatic rings. The van der Waals surface area contributed by atoms with Crippen molar-refractivity contribution in [2.24, 2.45) is 0 Å². The van der Waals surface area contributed by atoms with Gasteiger partial charge in [-0.15, -0.1) is 0 Å². The van der Waals surface area contributed by atoms with Crippen molar-refractivity contribution in [3.63, 3.8) is 0 Å². The van der Waals surface area contributed by atoms with Crippen molar-refractivity contribution in [2.45, 2.75) is 0 Å². The van der Waals surface area contributed by atoms with Crippen LogP contribution >= 0.6 is 0 Å². The van der Waals surface area contributed by atoms with Gasteiger partial charge in [0.2, 0.25) is 5.82 Å². The second kappa shape index (κ2) is 4.64. The molecular weight excluding hydrogens is 333 g/mol. The molecule has 0 fully saturated rings. The Morgan fingerprint density at radius 1 is 0.478 bits per heavy atom. The Bertz CT molecular complexity index is 936. The van der Waals surface area contributed by atoms with E-state index in [1.165, 1.54) is 0 Å². The van der Waals surface area contributed by atoms with Crippen molar-refractivity contribution in [3.8, 4) is 11.5 Å². The Kier molecular flexibility index (Phi) is 3.07. The van der Waals surface area contributed by atoms with Crippen LogP contribution < -0.4 is 0 Å². The van der Waals surface area contributed by atoms with Gasteiger partial charge < -0.3 is 10.2 Å². The molecule has 0 unspecified atom stereocenters. The van der Waals surface area contributed by atoms with Gasteiger partial charge >= 0.3 is 0 Å². The predicted octanol–water partition coefficient (Wildman–Crippen LogP) is 4.38. The maximum Gasteiger partial charge on any atom is 0.204 e. The number of phenols is 2. The van der Waals surface area contributed by atoms with Gasteiger partial charge in [-0.2, -0.15) is 4.39 Å². The van der Waals surface area contributed by atoms with E-state index < -0.39 is 73.8 Å². The largest absolute Gasteiger partial charge is 0.506 e. The third-order valence-electron chi connectivity index (χ3n) is 3.40. The second-order valence-corrected chi connectivity index (χ2v) is 4.62. The average Bonchev–Trinajstić information content (AvgIpc) is 2.53. The van der Waals surface area contributed by atoms with E-state index in [2.05, 4.69) is 0 Å². The number of halogens is 7. The van der Waals surface area contributed by atoms with E-state index >= 15 is 0 Å². The number of rotatable bonds is 0. The summed E-state index contributed by atoms with van der Waals surface area (Å²) in [5.41, 5.74) is 0. The fourth-order valence-electron chi connectivity index (χ4n) is 2.33. The Hall–Kier alpha value is -2.71. The van der Waals surface area contributed by atoms with Crippen LogP contribution in [-0.4, -0.2) is 10.2 Å². The van der Waals surface area contributed by atoms with Crippen LogP contribution in [0, 0.1) is 40.7 Å². The number of hydrogen-bond donors (Lipinski definition) is 2. The minimum Gasteiger partial charge on any atom is -0.506 e. The third kappa shape index (κ3) is 1.76. The van der Waals surface area contributed by atoms with Crippen LogP contribution in [0.5, 0.6) is 11.5 Å². The molecule has 9 heteroatoms. The Morgan fingerprint density at radius 2 is 0.913 bits per heavy atom. The molecule has 0 aliphatic rings. The number of hydrogen-bond acceptors (Lipinski definition) is 2. The molecule has 0 atom stereocenters. The van der Waals surface area contributed by atoms with Crippen LogP contribution in [0.3, 0.4) is 0 Å². The minimum absolute atomic E-state index is 0.322. The van der Waals surface area contributed by atoms with E-state index in [1.807, 2.05) is 0 Å². The molecule has 0 heterocycles. The lowest BCUT2D eigenvalue weighted by atomic mass is 9.99. The van der Waals surface area contributed by atoms with Gasteiger partial charge in [0, 0.05) is 10.8 Å². The highest BCUT2D eigenvalue weighted by Crippen LogP contribution is 2.44. The Morgan fingerprint density at radius 3 is 1.48 bits per heavy atom. The van der Waals surface area contributed by atoms with Gasteiger partial charge in [-0.1, -0.05) is 0 Å². The van der Waals surface area contributed by atoms with Gasteiger partial charge in [0.15, 0.2) is 40.7 Å². The average molecular weight is 336 g/mol. The molecule has 2 nitrogen and oxygen atoms in total. The van der Waals surface area contributed by atoms with Crippen LogP contribution in [0.15, 0.2) is 6.07 Å². The molecule has 3 rings (SSSR count). The fraction of sp³-hybridized carbons (Fsp3) is 0. The van der Waals surface area contributed by atoms with Crippen LogP contribution in [0.1, 0.15) is 0 Å². The van der Waals surface area contributed by atoms with Crippen LogP contribution in [0.25, 0.3) is 21.5 Å². The van der Waals surface area contributed by atoms with Crippen molar-refractivity contribution >= 4 is 21.5 Å². The summed E-state index contributed by atoms with van der Waals surface area (Å²) in [7, 11) is 0. The lowest BCUT2D eigenvalue weighted by molar-refractivity contribution is 0.391. The van der Waals surface area contributed by atoms with Gasteiger partial charge in [0.25, 0.3) is 0 Å². The predicted molar refractivity (Wildman–Crippen MR) is 64.5 cm³/mol. The summed E-state index contributed by atoms with van der Waals surface area (Å²) in [4.78, 5) is 0.